The highest BCUT2D eigenvalue weighted by Gasteiger charge is 1.93. The first-order valence-corrected chi connectivity index (χ1v) is 4.80. The highest BCUT2D eigenvalue weighted by molar-refractivity contribution is 5.89. The molecule has 13 heavy (non-hydrogen) atoms. The van der Waals surface area contributed by atoms with Crippen LogP contribution in [-0.4, -0.2) is 5.78 Å². The summed E-state index contributed by atoms with van der Waals surface area (Å²) in [5.41, 5.74) is 0. The summed E-state index contributed by atoms with van der Waals surface area (Å²) in [7, 11) is 0. The zero-order valence-electron chi connectivity index (χ0n) is 8.33. The minimum atomic E-state index is 0.210. The normalized spacial score (nSPS) is 11.2. The van der Waals surface area contributed by atoms with E-state index >= 15 is 0 Å². The number of rotatable bonds is 7. The van der Waals surface area contributed by atoms with Crippen molar-refractivity contribution in [2.75, 3.05) is 0 Å². The van der Waals surface area contributed by atoms with Gasteiger partial charge in [-0.15, -0.1) is 0 Å². The fourth-order valence-corrected chi connectivity index (χ4v) is 0.938. The van der Waals surface area contributed by atoms with Gasteiger partial charge in [-0.3, -0.25) is 4.79 Å². The van der Waals surface area contributed by atoms with Gasteiger partial charge < -0.3 is 0 Å². The highest BCUT2D eigenvalue weighted by atomic mass is 16.1. The van der Waals surface area contributed by atoms with Crippen molar-refractivity contribution < 1.29 is 4.79 Å². The van der Waals surface area contributed by atoms with Gasteiger partial charge in [-0.2, -0.15) is 0 Å². The Balaban J connectivity index is 3.55. The fourth-order valence-electron chi connectivity index (χ4n) is 0.938. The van der Waals surface area contributed by atoms with Gasteiger partial charge in [-0.25, -0.2) is 0 Å². The van der Waals surface area contributed by atoms with Crippen LogP contribution in [0.4, 0.5) is 0 Å². The lowest BCUT2D eigenvalue weighted by Crippen LogP contribution is -1.91. The number of hydrogen-bond donors (Lipinski definition) is 0. The van der Waals surface area contributed by atoms with E-state index < -0.39 is 0 Å². The van der Waals surface area contributed by atoms with Crippen molar-refractivity contribution in [2.24, 2.45) is 0 Å². The molecule has 1 heteroatoms. The van der Waals surface area contributed by atoms with Gasteiger partial charge in [0.15, 0.2) is 5.78 Å². The van der Waals surface area contributed by atoms with Crippen LogP contribution in [0.3, 0.4) is 0 Å². The Morgan fingerprint density at radius 3 is 2.62 bits per heavy atom. The van der Waals surface area contributed by atoms with E-state index in [1.54, 1.807) is 24.3 Å². The maximum Gasteiger partial charge on any atom is 0.155 e. The molecule has 0 radical (unpaired) electrons. The monoisotopic (exact) mass is 178 g/mol. The minimum Gasteiger partial charge on any atom is -0.295 e. The van der Waals surface area contributed by atoms with Gasteiger partial charge in [0.05, 0.1) is 0 Å². The van der Waals surface area contributed by atoms with Crippen LogP contribution in [0.2, 0.25) is 0 Å². The van der Waals surface area contributed by atoms with Gasteiger partial charge in [-0.05, 0) is 12.5 Å². The van der Waals surface area contributed by atoms with Crippen molar-refractivity contribution in [3.05, 3.63) is 37.0 Å². The smallest absolute Gasteiger partial charge is 0.155 e. The predicted octanol–water partition coefficient (Wildman–Crippen LogP) is 3.43. The Kier molecular flexibility index (Phi) is 8.21. The molecule has 0 unspecified atom stereocenters. The summed E-state index contributed by atoms with van der Waals surface area (Å²) in [6.07, 6.45) is 12.7. The average molecular weight is 178 g/mol. The summed E-state index contributed by atoms with van der Waals surface area (Å²) >= 11 is 0. The molecule has 0 heterocycles. The molecule has 0 fully saturated rings. The molecule has 0 aromatic heterocycles. The van der Waals surface area contributed by atoms with Crippen molar-refractivity contribution in [2.45, 2.75) is 32.6 Å². The second-order valence-electron chi connectivity index (χ2n) is 2.90. The van der Waals surface area contributed by atoms with Crippen LogP contribution >= 0.6 is 0 Å². The first-order valence-electron chi connectivity index (χ1n) is 4.80. The molecular formula is C12H18O. The van der Waals surface area contributed by atoms with Crippen LogP contribution in [0.5, 0.6) is 0 Å². The van der Waals surface area contributed by atoms with Crippen LogP contribution in [0.1, 0.15) is 32.6 Å². The third-order valence-corrected chi connectivity index (χ3v) is 1.67. The van der Waals surface area contributed by atoms with E-state index in [1.165, 1.54) is 0 Å². The summed E-state index contributed by atoms with van der Waals surface area (Å²) in [4.78, 5) is 11.1. The molecule has 72 valence electrons. The van der Waals surface area contributed by atoms with Crippen LogP contribution in [0.25, 0.3) is 0 Å². The lowest BCUT2D eigenvalue weighted by Gasteiger charge is -1.92. The van der Waals surface area contributed by atoms with Gasteiger partial charge in [-0.1, -0.05) is 50.6 Å². The van der Waals surface area contributed by atoms with Crippen LogP contribution in [-0.2, 0) is 4.79 Å². The number of ketones is 1. The van der Waals surface area contributed by atoms with E-state index in [-0.39, 0.29) is 5.78 Å². The molecule has 0 N–H and O–H groups in total. The molecule has 0 aromatic rings. The number of hydrogen-bond acceptors (Lipinski definition) is 1. The van der Waals surface area contributed by atoms with Gasteiger partial charge in [0.2, 0.25) is 0 Å². The number of allylic oxidation sites excluding steroid dienone is 5. The van der Waals surface area contributed by atoms with Crippen molar-refractivity contribution in [3.63, 3.8) is 0 Å². The second kappa shape index (κ2) is 8.98. The molecule has 0 saturated carbocycles. The lowest BCUT2D eigenvalue weighted by molar-refractivity contribution is -0.114. The molecule has 1 nitrogen and oxygen atoms in total. The summed E-state index contributed by atoms with van der Waals surface area (Å²) in [6, 6.07) is 0. The molecule has 0 aliphatic heterocycles. The Morgan fingerprint density at radius 2 is 2.00 bits per heavy atom. The van der Waals surface area contributed by atoms with Crippen molar-refractivity contribution in [1.29, 1.82) is 0 Å². The number of unbranched alkanes of at least 4 members (excludes halogenated alkanes) is 2. The third kappa shape index (κ3) is 8.80. The van der Waals surface area contributed by atoms with Crippen molar-refractivity contribution >= 4 is 5.78 Å². The van der Waals surface area contributed by atoms with Gasteiger partial charge in [0.25, 0.3) is 0 Å². The zero-order chi connectivity index (χ0) is 9.94. The standard InChI is InChI=1S/C12H18O/c1-3-5-7-9-11-12(13)10-8-6-4-2/h3,5,7,9,11H,1,4,6,8,10H2,2H3. The zero-order valence-corrected chi connectivity index (χ0v) is 8.33. The number of carbonyl (C=O) groups excluding carboxylic acids is 1. The van der Waals surface area contributed by atoms with Crippen LogP contribution in [0, 0.1) is 0 Å². The summed E-state index contributed by atoms with van der Waals surface area (Å²) in [5.74, 6) is 0.210. The van der Waals surface area contributed by atoms with E-state index in [2.05, 4.69) is 13.5 Å². The molecule has 0 rings (SSSR count). The van der Waals surface area contributed by atoms with E-state index in [4.69, 9.17) is 0 Å². The molecule has 0 saturated heterocycles. The molecule has 0 amide bonds. The largest absolute Gasteiger partial charge is 0.295 e. The first-order chi connectivity index (χ1) is 6.31. The van der Waals surface area contributed by atoms with Gasteiger partial charge in [0, 0.05) is 6.42 Å². The summed E-state index contributed by atoms with van der Waals surface area (Å²) < 4.78 is 0. The van der Waals surface area contributed by atoms with E-state index in [0.717, 1.165) is 19.3 Å². The van der Waals surface area contributed by atoms with Crippen molar-refractivity contribution in [1.82, 2.24) is 0 Å². The predicted molar refractivity (Wildman–Crippen MR) is 57.6 cm³/mol. The van der Waals surface area contributed by atoms with Crippen LogP contribution in [0.15, 0.2) is 37.0 Å². The molecule has 0 spiro atoms. The van der Waals surface area contributed by atoms with E-state index in [9.17, 15) is 4.79 Å². The highest BCUT2D eigenvalue weighted by Crippen LogP contribution is 2.00. The number of carbonyl (C=O) groups is 1. The summed E-state index contributed by atoms with van der Waals surface area (Å²) in [6.45, 7) is 5.66. The third-order valence-electron chi connectivity index (χ3n) is 1.67. The molecule has 0 bridgehead atoms. The maximum atomic E-state index is 11.1. The Bertz CT molecular complexity index is 199. The topological polar surface area (TPSA) is 17.1 Å². The van der Waals surface area contributed by atoms with Crippen molar-refractivity contribution in [3.8, 4) is 0 Å². The molecule has 0 aliphatic carbocycles. The molecule has 0 aliphatic rings. The first kappa shape index (κ1) is 11.9. The van der Waals surface area contributed by atoms with Gasteiger partial charge in [0.1, 0.15) is 0 Å². The van der Waals surface area contributed by atoms with E-state index in [1.807, 2.05) is 6.08 Å². The molecular weight excluding hydrogens is 160 g/mol. The fraction of sp³-hybridized carbons (Fsp3) is 0.417. The lowest BCUT2D eigenvalue weighted by atomic mass is 10.1. The summed E-state index contributed by atoms with van der Waals surface area (Å²) in [5, 5.41) is 0. The average Bonchev–Trinajstić information content (AvgIpc) is 2.13. The molecule has 0 aromatic carbocycles. The maximum absolute atomic E-state index is 11.1. The Labute approximate surface area is 80.8 Å². The SMILES string of the molecule is C=CC=CC=CC(=O)CCCCC. The molecule has 0 atom stereocenters. The Morgan fingerprint density at radius 1 is 1.23 bits per heavy atom. The second-order valence-corrected chi connectivity index (χ2v) is 2.90. The Hall–Kier alpha value is -1.11. The van der Waals surface area contributed by atoms with Crippen LogP contribution < -0.4 is 0 Å². The minimum absolute atomic E-state index is 0.210. The van der Waals surface area contributed by atoms with E-state index in [0.29, 0.717) is 6.42 Å². The quantitative estimate of drug-likeness (QED) is 0.331. The van der Waals surface area contributed by atoms with Gasteiger partial charge >= 0.3 is 0 Å².